The summed E-state index contributed by atoms with van der Waals surface area (Å²) in [5, 5.41) is 8.63. The van der Waals surface area contributed by atoms with Crippen molar-refractivity contribution in [3.8, 4) is 5.75 Å². The monoisotopic (exact) mass is 348 g/mol. The molecule has 1 rings (SSSR count). The lowest BCUT2D eigenvalue weighted by Crippen LogP contribution is -2.08. The van der Waals surface area contributed by atoms with Crippen LogP contribution in [-0.2, 0) is 9.59 Å². The van der Waals surface area contributed by atoms with Crippen molar-refractivity contribution in [1.82, 2.24) is 0 Å². The molecule has 0 radical (unpaired) electrons. The van der Waals surface area contributed by atoms with Crippen molar-refractivity contribution in [2.24, 2.45) is 0 Å². The molecule has 0 aliphatic carbocycles. The van der Waals surface area contributed by atoms with E-state index in [4.69, 9.17) is 5.11 Å². The lowest BCUT2D eigenvalue weighted by atomic mass is 10.0. The Morgan fingerprint density at radius 3 is 2.55 bits per heavy atom. The first kappa shape index (κ1) is 16.3. The molecular formula is C13H11BrF2O4. The van der Waals surface area contributed by atoms with Crippen LogP contribution in [0.3, 0.4) is 0 Å². The molecule has 0 fully saturated rings. The van der Waals surface area contributed by atoms with Crippen LogP contribution < -0.4 is 4.74 Å². The Morgan fingerprint density at radius 1 is 1.40 bits per heavy atom. The number of carboxylic acid groups (broad SMARTS) is 1. The average Bonchev–Trinajstić information content (AvgIpc) is 2.35. The van der Waals surface area contributed by atoms with Crippen LogP contribution in [0.4, 0.5) is 8.78 Å². The number of benzene rings is 1. The average molecular weight is 349 g/mol. The number of halogens is 3. The third-order valence-corrected chi connectivity index (χ3v) is 3.48. The van der Waals surface area contributed by atoms with Gasteiger partial charge in [0.25, 0.3) is 0 Å². The van der Waals surface area contributed by atoms with Gasteiger partial charge in [0, 0.05) is 11.6 Å². The van der Waals surface area contributed by atoms with Gasteiger partial charge in [-0.05, 0) is 24.6 Å². The van der Waals surface area contributed by atoms with Crippen LogP contribution in [0, 0.1) is 0 Å². The molecule has 1 aromatic carbocycles. The smallest absolute Gasteiger partial charge is 0.387 e. The van der Waals surface area contributed by atoms with Gasteiger partial charge in [0.2, 0.25) is 0 Å². The minimum atomic E-state index is -3.05. The third-order valence-electron chi connectivity index (χ3n) is 2.34. The van der Waals surface area contributed by atoms with Crippen molar-refractivity contribution in [1.29, 1.82) is 0 Å². The fourth-order valence-electron chi connectivity index (χ4n) is 1.53. The van der Waals surface area contributed by atoms with Gasteiger partial charge in [0.1, 0.15) is 11.5 Å². The van der Waals surface area contributed by atoms with Crippen LogP contribution in [0.15, 0.2) is 24.3 Å². The van der Waals surface area contributed by atoms with Crippen LogP contribution in [0.5, 0.6) is 5.75 Å². The highest BCUT2D eigenvalue weighted by Crippen LogP contribution is 2.34. The molecule has 0 saturated heterocycles. The summed E-state index contributed by atoms with van der Waals surface area (Å²) in [7, 11) is 0. The number of Topliss-reactive ketones (excluding diaryl/α,β-unsaturated/α-hetero) is 1. The maximum absolute atomic E-state index is 12.3. The number of ether oxygens (including phenoxy) is 1. The van der Waals surface area contributed by atoms with Gasteiger partial charge in [-0.25, -0.2) is 4.79 Å². The zero-order valence-corrected chi connectivity index (χ0v) is 11.9. The first-order valence-electron chi connectivity index (χ1n) is 5.46. The highest BCUT2D eigenvalue weighted by atomic mass is 79.9. The van der Waals surface area contributed by atoms with Gasteiger partial charge < -0.3 is 9.84 Å². The van der Waals surface area contributed by atoms with Crippen molar-refractivity contribution in [3.63, 3.8) is 0 Å². The van der Waals surface area contributed by atoms with E-state index in [0.29, 0.717) is 5.56 Å². The van der Waals surface area contributed by atoms with Crippen LogP contribution in [0.1, 0.15) is 22.9 Å². The standard InChI is InChI=1S/C13H11BrF2O4/c1-7(17)12(14)9-3-2-4-10(20-13(15)16)8(9)5-6-11(18)19/h2-6,12-13H,1H3,(H,18,19). The minimum absolute atomic E-state index is 0.118. The summed E-state index contributed by atoms with van der Waals surface area (Å²) in [4.78, 5) is 21.2. The van der Waals surface area contributed by atoms with E-state index < -0.39 is 17.4 Å². The van der Waals surface area contributed by atoms with Gasteiger partial charge in [-0.3, -0.25) is 4.79 Å². The molecule has 108 valence electrons. The lowest BCUT2D eigenvalue weighted by Gasteiger charge is -2.15. The zero-order chi connectivity index (χ0) is 15.3. The highest BCUT2D eigenvalue weighted by Gasteiger charge is 2.19. The van der Waals surface area contributed by atoms with E-state index in [1.54, 1.807) is 0 Å². The van der Waals surface area contributed by atoms with Crippen molar-refractivity contribution >= 4 is 33.8 Å². The molecule has 0 aromatic heterocycles. The first-order chi connectivity index (χ1) is 9.32. The fraction of sp³-hybridized carbons (Fsp3) is 0.231. The van der Waals surface area contributed by atoms with Gasteiger partial charge in [-0.2, -0.15) is 8.78 Å². The van der Waals surface area contributed by atoms with Crippen LogP contribution >= 0.6 is 15.9 Å². The van der Waals surface area contributed by atoms with Crippen LogP contribution in [0.2, 0.25) is 0 Å². The summed E-state index contributed by atoms with van der Waals surface area (Å²) in [6.45, 7) is -1.72. The van der Waals surface area contributed by atoms with E-state index in [9.17, 15) is 18.4 Å². The van der Waals surface area contributed by atoms with Gasteiger partial charge in [0.05, 0.1) is 4.83 Å². The predicted molar refractivity (Wildman–Crippen MR) is 72.1 cm³/mol. The van der Waals surface area contributed by atoms with E-state index in [-0.39, 0.29) is 17.1 Å². The van der Waals surface area contributed by atoms with Gasteiger partial charge in [0.15, 0.2) is 0 Å². The molecule has 1 unspecified atom stereocenters. The quantitative estimate of drug-likeness (QED) is 0.632. The molecule has 20 heavy (non-hydrogen) atoms. The Balaban J connectivity index is 3.35. The largest absolute Gasteiger partial charge is 0.478 e. The number of carbonyl (C=O) groups is 2. The second kappa shape index (κ2) is 7.14. The number of hydrogen-bond donors (Lipinski definition) is 1. The number of ketones is 1. The van der Waals surface area contributed by atoms with Crippen LogP contribution in [-0.4, -0.2) is 23.5 Å². The second-order valence-corrected chi connectivity index (χ2v) is 4.70. The zero-order valence-electron chi connectivity index (χ0n) is 10.3. The Morgan fingerprint density at radius 2 is 2.05 bits per heavy atom. The summed E-state index contributed by atoms with van der Waals surface area (Å²) in [6, 6.07) is 4.25. The molecule has 7 heteroatoms. The minimum Gasteiger partial charge on any atom is -0.478 e. The number of aliphatic carboxylic acids is 1. The fourth-order valence-corrected chi connectivity index (χ4v) is 1.93. The highest BCUT2D eigenvalue weighted by molar-refractivity contribution is 9.09. The molecule has 4 nitrogen and oxygen atoms in total. The molecule has 0 aliphatic heterocycles. The molecule has 0 saturated carbocycles. The summed E-state index contributed by atoms with van der Waals surface area (Å²) in [5.41, 5.74) is 0.473. The normalized spacial score (nSPS) is 12.7. The van der Waals surface area contributed by atoms with E-state index in [1.165, 1.54) is 25.1 Å². The van der Waals surface area contributed by atoms with Crippen molar-refractivity contribution < 1.29 is 28.2 Å². The van der Waals surface area contributed by atoms with E-state index in [0.717, 1.165) is 12.2 Å². The molecule has 0 bridgehead atoms. The van der Waals surface area contributed by atoms with Gasteiger partial charge in [-0.15, -0.1) is 0 Å². The second-order valence-electron chi connectivity index (χ2n) is 3.78. The summed E-state index contributed by atoms with van der Waals surface area (Å²) >= 11 is 3.13. The Bertz CT molecular complexity index is 543. The molecule has 1 atom stereocenters. The van der Waals surface area contributed by atoms with Crippen molar-refractivity contribution in [2.75, 3.05) is 0 Å². The van der Waals surface area contributed by atoms with Gasteiger partial charge >= 0.3 is 12.6 Å². The van der Waals surface area contributed by atoms with E-state index >= 15 is 0 Å². The van der Waals surface area contributed by atoms with Gasteiger partial charge in [-0.1, -0.05) is 28.1 Å². The Kier molecular flexibility index (Phi) is 5.82. The number of alkyl halides is 3. The van der Waals surface area contributed by atoms with E-state index in [1.807, 2.05) is 0 Å². The Hall–Kier alpha value is -1.76. The number of rotatable bonds is 6. The Labute approximate surface area is 122 Å². The van der Waals surface area contributed by atoms with E-state index in [2.05, 4.69) is 20.7 Å². The van der Waals surface area contributed by atoms with Crippen molar-refractivity contribution in [2.45, 2.75) is 18.4 Å². The molecule has 0 amide bonds. The summed E-state index contributed by atoms with van der Waals surface area (Å²) in [6.07, 6.45) is 1.91. The topological polar surface area (TPSA) is 63.6 Å². The number of carboxylic acids is 1. The summed E-state index contributed by atoms with van der Waals surface area (Å²) < 4.78 is 29.0. The first-order valence-corrected chi connectivity index (χ1v) is 6.37. The molecule has 0 aliphatic rings. The molecule has 1 N–H and O–H groups in total. The van der Waals surface area contributed by atoms with Crippen molar-refractivity contribution in [3.05, 3.63) is 35.4 Å². The third kappa shape index (κ3) is 4.41. The summed E-state index contributed by atoms with van der Waals surface area (Å²) in [5.74, 6) is -1.68. The molecular weight excluding hydrogens is 338 g/mol. The predicted octanol–water partition coefficient (Wildman–Crippen LogP) is 3.41. The van der Waals surface area contributed by atoms with Crippen LogP contribution in [0.25, 0.3) is 6.08 Å². The maximum atomic E-state index is 12.3. The molecule has 0 heterocycles. The number of carbonyl (C=O) groups excluding carboxylic acids is 1. The number of hydrogen-bond acceptors (Lipinski definition) is 3. The maximum Gasteiger partial charge on any atom is 0.387 e. The lowest BCUT2D eigenvalue weighted by molar-refractivity contribution is -0.131. The SMILES string of the molecule is CC(=O)C(Br)c1cccc(OC(F)F)c1C=CC(=O)O. The molecule has 0 spiro atoms. The molecule has 1 aromatic rings.